The highest BCUT2D eigenvalue weighted by Crippen LogP contribution is 2.45. The fraction of sp³-hybridized carbons (Fsp3) is 0.368. The van der Waals surface area contributed by atoms with Gasteiger partial charge in [-0.15, -0.1) is 11.8 Å². The first-order valence-electron chi connectivity index (χ1n) is 8.31. The molecule has 1 aliphatic rings. The van der Waals surface area contributed by atoms with Crippen LogP contribution in [0.4, 0.5) is 0 Å². The van der Waals surface area contributed by atoms with Crippen molar-refractivity contribution in [2.45, 2.75) is 24.1 Å². The summed E-state index contributed by atoms with van der Waals surface area (Å²) in [7, 11) is -0.419. The van der Waals surface area contributed by atoms with Crippen molar-refractivity contribution in [2.24, 2.45) is 0 Å². The number of methoxy groups -OCH3 is 2. The van der Waals surface area contributed by atoms with E-state index in [1.165, 1.54) is 0 Å². The third-order valence-electron chi connectivity index (χ3n) is 4.64. The van der Waals surface area contributed by atoms with Gasteiger partial charge >= 0.3 is 0 Å². The van der Waals surface area contributed by atoms with Crippen molar-refractivity contribution in [1.29, 1.82) is 0 Å². The summed E-state index contributed by atoms with van der Waals surface area (Å²) in [5.74, 6) is 2.07. The third-order valence-corrected chi connectivity index (χ3v) is 7.87. The van der Waals surface area contributed by atoms with Crippen molar-refractivity contribution >= 4 is 21.8 Å². The van der Waals surface area contributed by atoms with Gasteiger partial charge in [-0.1, -0.05) is 6.07 Å². The number of hydrogen-bond donors (Lipinski definition) is 0. The summed E-state index contributed by atoms with van der Waals surface area (Å²) in [6, 6.07) is 10.8. The predicted octanol–water partition coefficient (Wildman–Crippen LogP) is 3.76. The van der Waals surface area contributed by atoms with E-state index in [4.69, 9.17) is 9.47 Å². The summed E-state index contributed by atoms with van der Waals surface area (Å²) in [4.78, 5) is 0.329. The van der Waals surface area contributed by atoms with E-state index in [1.807, 2.05) is 38.1 Å². The van der Waals surface area contributed by atoms with Crippen LogP contribution in [0, 0.1) is 13.8 Å². The Morgan fingerprint density at radius 1 is 1.04 bits per heavy atom. The van der Waals surface area contributed by atoms with E-state index in [0.29, 0.717) is 22.9 Å². The van der Waals surface area contributed by atoms with Gasteiger partial charge in [-0.05, 0) is 55.3 Å². The van der Waals surface area contributed by atoms with Gasteiger partial charge in [0.25, 0.3) is 0 Å². The number of aryl methyl sites for hydroxylation is 2. The number of hydrogen-bond acceptors (Lipinski definition) is 5. The van der Waals surface area contributed by atoms with Gasteiger partial charge in [0.05, 0.1) is 24.5 Å². The molecule has 0 unspecified atom stereocenters. The lowest BCUT2D eigenvalue weighted by Crippen LogP contribution is -2.30. The van der Waals surface area contributed by atoms with Crippen LogP contribution < -0.4 is 9.47 Å². The highest BCUT2D eigenvalue weighted by molar-refractivity contribution is 8.01. The Morgan fingerprint density at radius 3 is 2.46 bits per heavy atom. The number of rotatable bonds is 5. The van der Waals surface area contributed by atoms with Crippen LogP contribution >= 0.6 is 11.8 Å². The summed E-state index contributed by atoms with van der Waals surface area (Å²) in [5, 5.41) is -0.341. The second kappa shape index (κ2) is 7.50. The molecule has 0 saturated carbocycles. The molecule has 1 aliphatic heterocycles. The SMILES string of the molecule is COc1ccc(OC)c([C@H]2SCCN2S(=O)(=O)c2ccc(C)c(C)c2)c1. The van der Waals surface area contributed by atoms with Crippen molar-refractivity contribution in [3.05, 3.63) is 53.1 Å². The fourth-order valence-electron chi connectivity index (χ4n) is 2.99. The first-order chi connectivity index (χ1) is 12.4. The van der Waals surface area contributed by atoms with Crippen molar-refractivity contribution in [3.8, 4) is 11.5 Å². The molecular formula is C19H23NO4S2. The Kier molecular flexibility index (Phi) is 5.50. The van der Waals surface area contributed by atoms with Crippen LogP contribution in [-0.2, 0) is 10.0 Å². The normalized spacial score (nSPS) is 18.1. The van der Waals surface area contributed by atoms with E-state index in [1.54, 1.807) is 42.4 Å². The van der Waals surface area contributed by atoms with Crippen LogP contribution in [-0.4, -0.2) is 39.2 Å². The highest BCUT2D eigenvalue weighted by atomic mass is 32.2. The van der Waals surface area contributed by atoms with Crippen molar-refractivity contribution in [3.63, 3.8) is 0 Å². The van der Waals surface area contributed by atoms with Gasteiger partial charge in [-0.25, -0.2) is 8.42 Å². The average Bonchev–Trinajstić information content (AvgIpc) is 3.13. The molecule has 0 amide bonds. The summed E-state index contributed by atoms with van der Waals surface area (Å²) in [6.45, 7) is 4.36. The third kappa shape index (κ3) is 3.43. The molecular weight excluding hydrogens is 370 g/mol. The van der Waals surface area contributed by atoms with Crippen LogP contribution in [0.2, 0.25) is 0 Å². The summed E-state index contributed by atoms with van der Waals surface area (Å²) in [6.07, 6.45) is 0. The molecule has 0 aliphatic carbocycles. The predicted molar refractivity (Wildman–Crippen MR) is 105 cm³/mol. The van der Waals surface area contributed by atoms with E-state index in [0.717, 1.165) is 22.4 Å². The molecule has 0 radical (unpaired) electrons. The molecule has 2 aromatic rings. The lowest BCUT2D eigenvalue weighted by molar-refractivity contribution is 0.382. The summed E-state index contributed by atoms with van der Waals surface area (Å²) >= 11 is 1.59. The minimum absolute atomic E-state index is 0.329. The number of benzene rings is 2. The Hall–Kier alpha value is -1.70. The first kappa shape index (κ1) is 19.1. The molecule has 2 aromatic carbocycles. The molecule has 140 valence electrons. The lowest BCUT2D eigenvalue weighted by atomic mass is 10.1. The maximum absolute atomic E-state index is 13.3. The Labute approximate surface area is 159 Å². The van der Waals surface area contributed by atoms with Gasteiger partial charge < -0.3 is 9.47 Å². The van der Waals surface area contributed by atoms with Gasteiger partial charge in [-0.3, -0.25) is 0 Å². The number of nitrogens with zero attached hydrogens (tertiary/aromatic N) is 1. The quantitative estimate of drug-likeness (QED) is 0.774. The number of sulfonamides is 1. The van der Waals surface area contributed by atoms with Gasteiger partial charge in [0.15, 0.2) is 0 Å². The average molecular weight is 394 g/mol. The standard InChI is InChI=1S/C19H23NO4S2/c1-13-5-7-16(11-14(13)2)26(21,22)20-9-10-25-19(20)17-12-15(23-3)6-8-18(17)24-4/h5-8,11-12,19H,9-10H2,1-4H3/t19-/m1/s1. The second-order valence-corrected chi connectivity index (χ2v) is 9.27. The maximum Gasteiger partial charge on any atom is 0.244 e. The van der Waals surface area contributed by atoms with E-state index in [2.05, 4.69) is 0 Å². The molecule has 0 N–H and O–H groups in total. The Bertz CT molecular complexity index is 912. The van der Waals surface area contributed by atoms with E-state index in [9.17, 15) is 8.42 Å². The molecule has 0 bridgehead atoms. The molecule has 1 saturated heterocycles. The van der Waals surface area contributed by atoms with Crippen molar-refractivity contribution in [1.82, 2.24) is 4.31 Å². The largest absolute Gasteiger partial charge is 0.497 e. The monoisotopic (exact) mass is 393 g/mol. The minimum Gasteiger partial charge on any atom is -0.497 e. The molecule has 1 heterocycles. The Balaban J connectivity index is 2.04. The van der Waals surface area contributed by atoms with Gasteiger partial charge in [0, 0.05) is 17.9 Å². The molecule has 5 nitrogen and oxygen atoms in total. The molecule has 1 fully saturated rings. The van der Waals surface area contributed by atoms with E-state index < -0.39 is 10.0 Å². The second-order valence-electron chi connectivity index (χ2n) is 6.19. The van der Waals surface area contributed by atoms with Crippen LogP contribution in [0.1, 0.15) is 22.1 Å². The summed E-state index contributed by atoms with van der Waals surface area (Å²) in [5.41, 5.74) is 2.85. The zero-order chi connectivity index (χ0) is 18.9. The number of thioether (sulfide) groups is 1. The summed E-state index contributed by atoms with van der Waals surface area (Å²) < 4.78 is 38.9. The van der Waals surface area contributed by atoms with Gasteiger partial charge in [-0.2, -0.15) is 4.31 Å². The zero-order valence-electron chi connectivity index (χ0n) is 15.4. The van der Waals surface area contributed by atoms with Crippen LogP contribution in [0.5, 0.6) is 11.5 Å². The van der Waals surface area contributed by atoms with Gasteiger partial charge in [0.1, 0.15) is 11.5 Å². The molecule has 0 spiro atoms. The first-order valence-corrected chi connectivity index (χ1v) is 10.8. The van der Waals surface area contributed by atoms with Crippen molar-refractivity contribution < 1.29 is 17.9 Å². The molecule has 7 heteroatoms. The molecule has 3 rings (SSSR count). The van der Waals surface area contributed by atoms with E-state index >= 15 is 0 Å². The van der Waals surface area contributed by atoms with Crippen molar-refractivity contribution in [2.75, 3.05) is 26.5 Å². The van der Waals surface area contributed by atoms with Crippen LogP contribution in [0.3, 0.4) is 0 Å². The van der Waals surface area contributed by atoms with Crippen LogP contribution in [0.25, 0.3) is 0 Å². The highest BCUT2D eigenvalue weighted by Gasteiger charge is 2.38. The van der Waals surface area contributed by atoms with Gasteiger partial charge in [0.2, 0.25) is 10.0 Å². The van der Waals surface area contributed by atoms with E-state index in [-0.39, 0.29) is 5.37 Å². The number of ether oxygens (including phenoxy) is 2. The maximum atomic E-state index is 13.3. The molecule has 26 heavy (non-hydrogen) atoms. The zero-order valence-corrected chi connectivity index (χ0v) is 17.0. The smallest absolute Gasteiger partial charge is 0.244 e. The Morgan fingerprint density at radius 2 is 1.81 bits per heavy atom. The van der Waals surface area contributed by atoms with Crippen LogP contribution in [0.15, 0.2) is 41.3 Å². The topological polar surface area (TPSA) is 55.8 Å². The molecule has 0 aromatic heterocycles. The fourth-order valence-corrected chi connectivity index (χ4v) is 6.32. The molecule has 1 atom stereocenters. The lowest BCUT2D eigenvalue weighted by Gasteiger charge is -2.25. The minimum atomic E-state index is -3.60.